The first-order chi connectivity index (χ1) is 5.25. The van der Waals surface area contributed by atoms with Gasteiger partial charge in [-0.25, -0.2) is 0 Å². The van der Waals surface area contributed by atoms with Crippen molar-refractivity contribution in [1.29, 1.82) is 0 Å². The lowest BCUT2D eigenvalue weighted by Crippen LogP contribution is -2.36. The van der Waals surface area contributed by atoms with E-state index >= 15 is 0 Å². The zero-order valence-corrected chi connectivity index (χ0v) is 7.16. The molecule has 11 heavy (non-hydrogen) atoms. The molecule has 1 N–H and O–H groups in total. The summed E-state index contributed by atoms with van der Waals surface area (Å²) in [7, 11) is 0. The van der Waals surface area contributed by atoms with Crippen molar-refractivity contribution in [3.63, 3.8) is 0 Å². The van der Waals surface area contributed by atoms with Gasteiger partial charge in [0.2, 0.25) is 0 Å². The van der Waals surface area contributed by atoms with Gasteiger partial charge in [0.15, 0.2) is 0 Å². The van der Waals surface area contributed by atoms with Crippen molar-refractivity contribution in [2.45, 2.75) is 25.9 Å². The summed E-state index contributed by atoms with van der Waals surface area (Å²) in [6.45, 7) is 5.21. The number of hydrogen-bond acceptors (Lipinski definition) is 2. The van der Waals surface area contributed by atoms with Gasteiger partial charge in [0.25, 0.3) is 0 Å². The van der Waals surface area contributed by atoms with Gasteiger partial charge in [-0.05, 0) is 38.1 Å². The highest BCUT2D eigenvalue weighted by molar-refractivity contribution is 4.93. The minimum atomic E-state index is -0.148. The fraction of sp³-hybridized carbons (Fsp3) is 1.00. The Labute approximate surface area is 68.2 Å². The molecule has 1 heterocycles. The van der Waals surface area contributed by atoms with Crippen LogP contribution in [-0.4, -0.2) is 35.7 Å². The van der Waals surface area contributed by atoms with E-state index < -0.39 is 0 Å². The Morgan fingerprint density at radius 1 is 1.55 bits per heavy atom. The lowest BCUT2D eigenvalue weighted by atomic mass is 10.1. The second-order valence-electron chi connectivity index (χ2n) is 4.15. The highest BCUT2D eigenvalue weighted by Crippen LogP contribution is 2.44. The van der Waals surface area contributed by atoms with E-state index in [1.807, 2.05) is 6.92 Å². The van der Waals surface area contributed by atoms with E-state index in [0.717, 1.165) is 18.4 Å². The van der Waals surface area contributed by atoms with E-state index in [2.05, 4.69) is 4.90 Å². The van der Waals surface area contributed by atoms with Gasteiger partial charge in [-0.3, -0.25) is 0 Å². The highest BCUT2D eigenvalue weighted by Gasteiger charge is 2.41. The molecular weight excluding hydrogens is 138 g/mol. The first kappa shape index (κ1) is 7.56. The van der Waals surface area contributed by atoms with Crippen LogP contribution in [0.4, 0.5) is 0 Å². The molecule has 2 heteroatoms. The fourth-order valence-corrected chi connectivity index (χ4v) is 2.20. The summed E-state index contributed by atoms with van der Waals surface area (Å²) in [6, 6.07) is 0. The number of likely N-dealkylation sites (tertiary alicyclic amines) is 1. The van der Waals surface area contributed by atoms with Crippen LogP contribution >= 0.6 is 0 Å². The van der Waals surface area contributed by atoms with E-state index in [1.165, 1.54) is 25.9 Å². The van der Waals surface area contributed by atoms with Gasteiger partial charge < -0.3 is 10.0 Å². The number of piperidine rings is 1. The van der Waals surface area contributed by atoms with E-state index in [9.17, 15) is 0 Å². The van der Waals surface area contributed by atoms with Gasteiger partial charge in [0, 0.05) is 13.1 Å². The summed E-state index contributed by atoms with van der Waals surface area (Å²) in [5.41, 5.74) is 0. The standard InChI is InChI=1S/C9H17NO/c1-7(11)5-10-3-2-8-4-9(8)6-10/h7-9,11H,2-6H2,1H3/t7-,8?,9?/m1/s1. The van der Waals surface area contributed by atoms with Crippen LogP contribution in [-0.2, 0) is 0 Å². The van der Waals surface area contributed by atoms with Crippen molar-refractivity contribution < 1.29 is 5.11 Å². The summed E-state index contributed by atoms with van der Waals surface area (Å²) >= 11 is 0. The number of β-amino-alcohol motifs (C(OH)–C–C–N with tert-alkyl or cyclic N) is 1. The van der Waals surface area contributed by atoms with Crippen molar-refractivity contribution in [3.05, 3.63) is 0 Å². The molecule has 0 amide bonds. The van der Waals surface area contributed by atoms with Crippen LogP contribution in [0.5, 0.6) is 0 Å². The summed E-state index contributed by atoms with van der Waals surface area (Å²) in [6.07, 6.45) is 2.68. The monoisotopic (exact) mass is 155 g/mol. The number of hydrogen-bond donors (Lipinski definition) is 1. The van der Waals surface area contributed by atoms with Crippen LogP contribution in [0.1, 0.15) is 19.8 Å². The summed E-state index contributed by atoms with van der Waals surface area (Å²) in [5.74, 6) is 2.04. The van der Waals surface area contributed by atoms with Crippen LogP contribution in [0.3, 0.4) is 0 Å². The Bertz CT molecular complexity index is 144. The van der Waals surface area contributed by atoms with Crippen molar-refractivity contribution in [3.8, 4) is 0 Å². The van der Waals surface area contributed by atoms with E-state index in [0.29, 0.717) is 0 Å². The third-order valence-corrected chi connectivity index (χ3v) is 2.90. The number of rotatable bonds is 2. The maximum atomic E-state index is 9.16. The van der Waals surface area contributed by atoms with Gasteiger partial charge in [0.05, 0.1) is 6.10 Å². The van der Waals surface area contributed by atoms with Gasteiger partial charge in [-0.2, -0.15) is 0 Å². The molecule has 1 saturated heterocycles. The number of aliphatic hydroxyl groups is 1. The molecule has 1 aliphatic carbocycles. The molecular formula is C9H17NO. The first-order valence-corrected chi connectivity index (χ1v) is 4.66. The predicted molar refractivity (Wildman–Crippen MR) is 44.3 cm³/mol. The van der Waals surface area contributed by atoms with Crippen molar-refractivity contribution in [2.24, 2.45) is 11.8 Å². The normalized spacial score (nSPS) is 39.8. The SMILES string of the molecule is C[C@@H](O)CN1CCC2CC2C1. The number of aliphatic hydroxyl groups excluding tert-OH is 1. The van der Waals surface area contributed by atoms with Crippen LogP contribution in [0.25, 0.3) is 0 Å². The van der Waals surface area contributed by atoms with Crippen LogP contribution in [0, 0.1) is 11.8 Å². The van der Waals surface area contributed by atoms with Crippen LogP contribution < -0.4 is 0 Å². The molecule has 64 valence electrons. The van der Waals surface area contributed by atoms with Crippen LogP contribution in [0.15, 0.2) is 0 Å². The molecule has 1 saturated carbocycles. The maximum absolute atomic E-state index is 9.16. The van der Waals surface area contributed by atoms with Crippen LogP contribution in [0.2, 0.25) is 0 Å². The molecule has 0 aromatic heterocycles. The van der Waals surface area contributed by atoms with E-state index in [-0.39, 0.29) is 6.10 Å². The topological polar surface area (TPSA) is 23.5 Å². The van der Waals surface area contributed by atoms with Gasteiger partial charge in [-0.15, -0.1) is 0 Å². The molecule has 3 atom stereocenters. The Morgan fingerprint density at radius 3 is 3.00 bits per heavy atom. The van der Waals surface area contributed by atoms with Crippen molar-refractivity contribution >= 4 is 0 Å². The quantitative estimate of drug-likeness (QED) is 0.635. The Balaban J connectivity index is 1.76. The average Bonchev–Trinajstić information content (AvgIpc) is 2.63. The van der Waals surface area contributed by atoms with Crippen molar-refractivity contribution in [1.82, 2.24) is 4.90 Å². The lowest BCUT2D eigenvalue weighted by Gasteiger charge is -2.26. The maximum Gasteiger partial charge on any atom is 0.0639 e. The number of fused-ring (bicyclic) bond motifs is 1. The predicted octanol–water partition coefficient (Wildman–Crippen LogP) is 0.709. The summed E-state index contributed by atoms with van der Waals surface area (Å²) < 4.78 is 0. The largest absolute Gasteiger partial charge is 0.392 e. The highest BCUT2D eigenvalue weighted by atomic mass is 16.3. The molecule has 1 aliphatic heterocycles. The summed E-state index contributed by atoms with van der Waals surface area (Å²) in [4.78, 5) is 2.40. The third kappa shape index (κ3) is 1.74. The minimum absolute atomic E-state index is 0.148. The molecule has 0 aromatic rings. The summed E-state index contributed by atoms with van der Waals surface area (Å²) in [5, 5.41) is 9.16. The van der Waals surface area contributed by atoms with E-state index in [1.54, 1.807) is 0 Å². The smallest absolute Gasteiger partial charge is 0.0639 e. The second kappa shape index (κ2) is 2.76. The molecule has 2 nitrogen and oxygen atoms in total. The molecule has 2 aliphatic rings. The average molecular weight is 155 g/mol. The molecule has 2 fully saturated rings. The van der Waals surface area contributed by atoms with Gasteiger partial charge in [0.1, 0.15) is 0 Å². The minimum Gasteiger partial charge on any atom is -0.392 e. The Hall–Kier alpha value is -0.0800. The Kier molecular flexibility index (Phi) is 1.90. The zero-order valence-electron chi connectivity index (χ0n) is 7.16. The molecule has 0 bridgehead atoms. The molecule has 2 rings (SSSR count). The van der Waals surface area contributed by atoms with E-state index in [4.69, 9.17) is 5.11 Å². The molecule has 2 unspecified atom stereocenters. The fourth-order valence-electron chi connectivity index (χ4n) is 2.20. The molecule has 0 aromatic carbocycles. The van der Waals surface area contributed by atoms with Crippen molar-refractivity contribution in [2.75, 3.05) is 19.6 Å². The first-order valence-electron chi connectivity index (χ1n) is 4.66. The Morgan fingerprint density at radius 2 is 2.36 bits per heavy atom. The third-order valence-electron chi connectivity index (χ3n) is 2.90. The second-order valence-corrected chi connectivity index (χ2v) is 4.15. The van der Waals surface area contributed by atoms with Gasteiger partial charge in [-0.1, -0.05) is 0 Å². The molecule has 0 spiro atoms. The van der Waals surface area contributed by atoms with Gasteiger partial charge >= 0.3 is 0 Å². The zero-order chi connectivity index (χ0) is 7.84. The molecule has 0 radical (unpaired) electrons. The lowest BCUT2D eigenvalue weighted by molar-refractivity contribution is 0.111. The number of nitrogens with zero attached hydrogens (tertiary/aromatic N) is 1.